The molecule has 0 heterocycles. The van der Waals surface area contributed by atoms with E-state index in [4.69, 9.17) is 4.52 Å². The highest BCUT2D eigenvalue weighted by Gasteiger charge is 2.19. The van der Waals surface area contributed by atoms with Gasteiger partial charge in [0, 0.05) is 6.16 Å². The van der Waals surface area contributed by atoms with E-state index in [0.29, 0.717) is 6.16 Å². The van der Waals surface area contributed by atoms with Gasteiger partial charge in [0.25, 0.3) is 0 Å². The predicted octanol–water partition coefficient (Wildman–Crippen LogP) is 7.63. The number of allylic oxidation sites excluding steroid dienone is 2. The normalized spacial score (nSPS) is 14.4. The van der Waals surface area contributed by atoms with Crippen LogP contribution in [-0.2, 0) is 9.09 Å². The van der Waals surface area contributed by atoms with Gasteiger partial charge in [-0.1, -0.05) is 76.9 Å². The van der Waals surface area contributed by atoms with Crippen molar-refractivity contribution in [2.75, 3.05) is 6.16 Å². The Balaban J connectivity index is 3.28. The summed E-state index contributed by atoms with van der Waals surface area (Å²) in [6.45, 7) is 5.86. The third-order valence-corrected chi connectivity index (χ3v) is 5.96. The number of hydrogen-bond donors (Lipinski definition) is 1. The lowest BCUT2D eigenvalue weighted by Crippen LogP contribution is -2.02. The Morgan fingerprint density at radius 3 is 1.72 bits per heavy atom. The topological polar surface area (TPSA) is 46.5 Å². The van der Waals surface area contributed by atoms with E-state index in [9.17, 15) is 9.46 Å². The fourth-order valence-electron chi connectivity index (χ4n) is 2.94. The standard InChI is InChI=1S/C21H43O3P/c1-4-5-6-7-8-9-10-11-12-13-14-15-16-17-18-19-20-25(22,23)24-21(2)3/h11-12,21H,4-10,13-20H2,1-3H3,(H,22,23)/b12-11-. The molecule has 0 spiro atoms. The molecular weight excluding hydrogens is 331 g/mol. The predicted molar refractivity (Wildman–Crippen MR) is 110 cm³/mol. The highest BCUT2D eigenvalue weighted by Crippen LogP contribution is 2.44. The third-order valence-electron chi connectivity index (χ3n) is 4.33. The molecule has 4 heteroatoms. The molecule has 0 amide bonds. The van der Waals surface area contributed by atoms with Crippen molar-refractivity contribution in [1.29, 1.82) is 0 Å². The van der Waals surface area contributed by atoms with Crippen molar-refractivity contribution in [2.45, 2.75) is 117 Å². The van der Waals surface area contributed by atoms with Crippen LogP contribution in [0.1, 0.15) is 111 Å². The average molecular weight is 375 g/mol. The molecule has 0 aromatic rings. The lowest BCUT2D eigenvalue weighted by molar-refractivity contribution is 0.204. The third kappa shape index (κ3) is 20.1. The van der Waals surface area contributed by atoms with Gasteiger partial charge in [-0.2, -0.15) is 0 Å². The zero-order valence-electron chi connectivity index (χ0n) is 17.0. The van der Waals surface area contributed by atoms with Gasteiger partial charge in [0.2, 0.25) is 0 Å². The number of unbranched alkanes of at least 4 members (excludes halogenated alkanes) is 12. The minimum absolute atomic E-state index is 0.176. The van der Waals surface area contributed by atoms with Crippen molar-refractivity contribution >= 4 is 7.60 Å². The fourth-order valence-corrected chi connectivity index (χ4v) is 4.33. The van der Waals surface area contributed by atoms with Crippen LogP contribution >= 0.6 is 7.60 Å². The van der Waals surface area contributed by atoms with Crippen molar-refractivity contribution in [2.24, 2.45) is 0 Å². The summed E-state index contributed by atoms with van der Waals surface area (Å²) in [6, 6.07) is 0. The first kappa shape index (κ1) is 24.9. The molecule has 0 aromatic carbocycles. The van der Waals surface area contributed by atoms with E-state index in [0.717, 1.165) is 19.3 Å². The van der Waals surface area contributed by atoms with Crippen LogP contribution in [0.15, 0.2) is 12.2 Å². The van der Waals surface area contributed by atoms with Crippen LogP contribution in [-0.4, -0.2) is 17.2 Å². The Morgan fingerprint density at radius 1 is 0.800 bits per heavy atom. The monoisotopic (exact) mass is 374 g/mol. The van der Waals surface area contributed by atoms with E-state index in [2.05, 4.69) is 19.1 Å². The van der Waals surface area contributed by atoms with Crippen molar-refractivity contribution in [3.63, 3.8) is 0 Å². The van der Waals surface area contributed by atoms with Crippen molar-refractivity contribution in [3.05, 3.63) is 12.2 Å². The highest BCUT2D eigenvalue weighted by atomic mass is 31.2. The van der Waals surface area contributed by atoms with Gasteiger partial charge in [-0.3, -0.25) is 4.57 Å². The highest BCUT2D eigenvalue weighted by molar-refractivity contribution is 7.52. The van der Waals surface area contributed by atoms with E-state index in [1.54, 1.807) is 13.8 Å². The molecule has 0 rings (SSSR count). The lowest BCUT2D eigenvalue weighted by Gasteiger charge is -2.14. The molecule has 1 atom stereocenters. The molecule has 150 valence electrons. The lowest BCUT2D eigenvalue weighted by atomic mass is 10.1. The van der Waals surface area contributed by atoms with Crippen LogP contribution < -0.4 is 0 Å². The maximum Gasteiger partial charge on any atom is 0.328 e. The molecule has 1 N–H and O–H groups in total. The molecule has 0 fully saturated rings. The summed E-state index contributed by atoms with van der Waals surface area (Å²) in [6.07, 6.45) is 22.2. The van der Waals surface area contributed by atoms with Crippen LogP contribution in [0.4, 0.5) is 0 Å². The Kier molecular flexibility index (Phi) is 17.2. The summed E-state index contributed by atoms with van der Waals surface area (Å²) in [5, 5.41) is 0. The first-order valence-electron chi connectivity index (χ1n) is 10.6. The summed E-state index contributed by atoms with van der Waals surface area (Å²) in [4.78, 5) is 9.63. The quantitative estimate of drug-likeness (QED) is 0.152. The van der Waals surface area contributed by atoms with E-state index in [1.807, 2.05) is 0 Å². The van der Waals surface area contributed by atoms with Crippen LogP contribution in [0, 0.1) is 0 Å². The van der Waals surface area contributed by atoms with Gasteiger partial charge >= 0.3 is 7.60 Å². The fraction of sp³-hybridized carbons (Fsp3) is 0.905. The van der Waals surface area contributed by atoms with Crippen LogP contribution in [0.5, 0.6) is 0 Å². The van der Waals surface area contributed by atoms with Gasteiger partial charge in [0.1, 0.15) is 0 Å². The van der Waals surface area contributed by atoms with E-state index in [1.165, 1.54) is 70.6 Å². The second kappa shape index (κ2) is 17.3. The average Bonchev–Trinajstić information content (AvgIpc) is 2.53. The van der Waals surface area contributed by atoms with Gasteiger partial charge in [0.15, 0.2) is 0 Å². The van der Waals surface area contributed by atoms with Gasteiger partial charge in [0.05, 0.1) is 6.10 Å². The minimum atomic E-state index is -3.35. The SMILES string of the molecule is CCCCCCCC/C=C\CCCCCCCCP(=O)(O)OC(C)C. The zero-order chi connectivity index (χ0) is 18.8. The molecule has 0 aromatic heterocycles. The molecule has 0 radical (unpaired) electrons. The van der Waals surface area contributed by atoms with Gasteiger partial charge in [-0.15, -0.1) is 0 Å². The second-order valence-corrected chi connectivity index (χ2v) is 9.39. The molecule has 1 unspecified atom stereocenters. The summed E-state index contributed by atoms with van der Waals surface area (Å²) >= 11 is 0. The molecule has 0 bridgehead atoms. The van der Waals surface area contributed by atoms with Crippen LogP contribution in [0.25, 0.3) is 0 Å². The number of hydrogen-bond acceptors (Lipinski definition) is 2. The first-order valence-corrected chi connectivity index (χ1v) is 12.4. The summed E-state index contributed by atoms with van der Waals surface area (Å²) in [5.74, 6) is 0. The second-order valence-electron chi connectivity index (χ2n) is 7.45. The molecular formula is C21H43O3P. The Bertz CT molecular complexity index is 353. The van der Waals surface area contributed by atoms with Crippen LogP contribution in [0.2, 0.25) is 0 Å². The molecule has 25 heavy (non-hydrogen) atoms. The Morgan fingerprint density at radius 2 is 1.24 bits per heavy atom. The van der Waals surface area contributed by atoms with Gasteiger partial charge in [-0.25, -0.2) is 0 Å². The van der Waals surface area contributed by atoms with Crippen molar-refractivity contribution < 1.29 is 14.0 Å². The van der Waals surface area contributed by atoms with Crippen LogP contribution in [0.3, 0.4) is 0 Å². The minimum Gasteiger partial charge on any atom is -0.324 e. The molecule has 0 aliphatic rings. The molecule has 0 saturated carbocycles. The zero-order valence-corrected chi connectivity index (χ0v) is 17.9. The summed E-state index contributed by atoms with van der Waals surface area (Å²) < 4.78 is 16.8. The largest absolute Gasteiger partial charge is 0.328 e. The van der Waals surface area contributed by atoms with E-state index in [-0.39, 0.29) is 6.10 Å². The van der Waals surface area contributed by atoms with E-state index < -0.39 is 7.60 Å². The van der Waals surface area contributed by atoms with Crippen molar-refractivity contribution in [3.8, 4) is 0 Å². The molecule has 0 aliphatic heterocycles. The summed E-state index contributed by atoms with van der Waals surface area (Å²) in [5.41, 5.74) is 0. The first-order chi connectivity index (χ1) is 12.0. The molecule has 0 aliphatic carbocycles. The van der Waals surface area contributed by atoms with Crippen molar-refractivity contribution in [1.82, 2.24) is 0 Å². The van der Waals surface area contributed by atoms with Gasteiger partial charge in [-0.05, 0) is 46.0 Å². The summed E-state index contributed by atoms with van der Waals surface area (Å²) in [7, 11) is -3.35. The Labute approximate surface area is 157 Å². The molecule has 3 nitrogen and oxygen atoms in total. The maximum atomic E-state index is 11.7. The molecule has 0 saturated heterocycles. The van der Waals surface area contributed by atoms with Gasteiger partial charge < -0.3 is 9.42 Å². The number of rotatable bonds is 18. The maximum absolute atomic E-state index is 11.7. The Hall–Kier alpha value is -0.110. The van der Waals surface area contributed by atoms with E-state index >= 15 is 0 Å². The smallest absolute Gasteiger partial charge is 0.324 e.